The van der Waals surface area contributed by atoms with E-state index in [-0.39, 0.29) is 5.92 Å². The molecule has 0 aliphatic heterocycles. The maximum Gasteiger partial charge on any atom is 0.139 e. The van der Waals surface area contributed by atoms with Crippen molar-refractivity contribution >= 4 is 5.78 Å². The fourth-order valence-corrected chi connectivity index (χ4v) is 0.942. The van der Waals surface area contributed by atoms with Gasteiger partial charge in [0.2, 0.25) is 0 Å². The molecule has 0 amide bonds. The van der Waals surface area contributed by atoms with Gasteiger partial charge in [-0.2, -0.15) is 0 Å². The van der Waals surface area contributed by atoms with Crippen LogP contribution in [-0.4, -0.2) is 5.78 Å². The second kappa shape index (κ2) is 3.35. The molecule has 1 rings (SSSR count). The van der Waals surface area contributed by atoms with E-state index in [9.17, 15) is 4.79 Å². The topological polar surface area (TPSA) is 17.1 Å². The fourth-order valence-electron chi connectivity index (χ4n) is 0.942. The van der Waals surface area contributed by atoms with E-state index in [0.29, 0.717) is 5.78 Å². The number of rotatable bonds is 2. The molecule has 0 bridgehead atoms. The van der Waals surface area contributed by atoms with Crippen molar-refractivity contribution in [3.63, 3.8) is 0 Å². The molecule has 54 valence electrons. The van der Waals surface area contributed by atoms with Crippen LogP contribution in [0.4, 0.5) is 0 Å². The third-order valence-electron chi connectivity index (χ3n) is 1.76. The summed E-state index contributed by atoms with van der Waals surface area (Å²) in [6.45, 7) is 1.97. The number of hydrogen-bond donors (Lipinski definition) is 0. The smallest absolute Gasteiger partial charge is 0.139 e. The van der Waals surface area contributed by atoms with Gasteiger partial charge in [0.15, 0.2) is 0 Å². The van der Waals surface area contributed by atoms with E-state index < -0.39 is 0 Å². The minimum atomic E-state index is 0.233. The predicted molar refractivity (Wildman–Crippen MR) is 41.7 cm³/mol. The normalized spacial score (nSPS) is 26.1. The predicted octanol–water partition coefficient (Wildman–Crippen LogP) is 2.10. The molecular weight excluding hydrogens is 124 g/mol. The van der Waals surface area contributed by atoms with E-state index in [1.165, 1.54) is 0 Å². The molecule has 1 saturated carbocycles. The first kappa shape index (κ1) is 7.26. The number of carbonyl (C=O) groups excluding carboxylic acids is 1. The zero-order chi connectivity index (χ0) is 7.40. The standard InChI is InChI=1S/C9H12O/c1-2-3-4-5-8-6-7-9(8)10/h2-5,8H,6-7H2,1H3/b3-2-,5-4-. The van der Waals surface area contributed by atoms with E-state index in [0.717, 1.165) is 12.8 Å². The highest BCUT2D eigenvalue weighted by molar-refractivity contribution is 5.87. The second-order valence-corrected chi connectivity index (χ2v) is 2.52. The number of carbonyl (C=O) groups is 1. The van der Waals surface area contributed by atoms with Gasteiger partial charge >= 0.3 is 0 Å². The lowest BCUT2D eigenvalue weighted by Gasteiger charge is -2.19. The van der Waals surface area contributed by atoms with Crippen LogP contribution in [0.15, 0.2) is 24.3 Å². The van der Waals surface area contributed by atoms with Gasteiger partial charge in [0.05, 0.1) is 0 Å². The Balaban J connectivity index is 2.31. The zero-order valence-corrected chi connectivity index (χ0v) is 6.21. The minimum Gasteiger partial charge on any atom is -0.299 e. The molecule has 1 nitrogen and oxygen atoms in total. The van der Waals surface area contributed by atoms with E-state index in [4.69, 9.17) is 0 Å². The Bertz CT molecular complexity index is 177. The highest BCUT2D eigenvalue weighted by Gasteiger charge is 2.24. The summed E-state index contributed by atoms with van der Waals surface area (Å²) in [6.07, 6.45) is 9.66. The van der Waals surface area contributed by atoms with Crippen molar-refractivity contribution in [1.82, 2.24) is 0 Å². The fraction of sp³-hybridized carbons (Fsp3) is 0.444. The van der Waals surface area contributed by atoms with Gasteiger partial charge in [0.1, 0.15) is 5.78 Å². The lowest BCUT2D eigenvalue weighted by molar-refractivity contribution is -0.127. The van der Waals surface area contributed by atoms with Crippen LogP contribution in [0.5, 0.6) is 0 Å². The number of allylic oxidation sites excluding steroid dienone is 4. The third kappa shape index (κ3) is 1.56. The van der Waals surface area contributed by atoms with Gasteiger partial charge in [-0.25, -0.2) is 0 Å². The van der Waals surface area contributed by atoms with E-state index in [1.807, 2.05) is 31.2 Å². The zero-order valence-electron chi connectivity index (χ0n) is 6.21. The molecule has 0 spiro atoms. The molecule has 0 N–H and O–H groups in total. The molecule has 0 radical (unpaired) electrons. The Morgan fingerprint density at radius 2 is 2.30 bits per heavy atom. The molecule has 0 aromatic heterocycles. The second-order valence-electron chi connectivity index (χ2n) is 2.52. The van der Waals surface area contributed by atoms with Gasteiger partial charge in [-0.3, -0.25) is 4.79 Å². The third-order valence-corrected chi connectivity index (χ3v) is 1.76. The lowest BCUT2D eigenvalue weighted by Crippen LogP contribution is -2.22. The molecule has 1 aliphatic carbocycles. The average molecular weight is 136 g/mol. The van der Waals surface area contributed by atoms with Gasteiger partial charge in [-0.05, 0) is 13.3 Å². The maximum absolute atomic E-state index is 10.7. The Morgan fingerprint density at radius 3 is 2.70 bits per heavy atom. The summed E-state index contributed by atoms with van der Waals surface area (Å²) in [6, 6.07) is 0. The Morgan fingerprint density at radius 1 is 1.50 bits per heavy atom. The highest BCUT2D eigenvalue weighted by Crippen LogP contribution is 2.23. The number of ketones is 1. The molecule has 0 aromatic rings. The van der Waals surface area contributed by atoms with E-state index in [1.54, 1.807) is 0 Å². The first-order valence-corrected chi connectivity index (χ1v) is 3.67. The van der Waals surface area contributed by atoms with Gasteiger partial charge in [-0.1, -0.05) is 24.3 Å². The summed E-state index contributed by atoms with van der Waals surface area (Å²) in [5.41, 5.74) is 0. The van der Waals surface area contributed by atoms with Crippen LogP contribution < -0.4 is 0 Å². The molecular formula is C9H12O. The molecule has 10 heavy (non-hydrogen) atoms. The molecule has 0 saturated heterocycles. The van der Waals surface area contributed by atoms with Crippen molar-refractivity contribution in [2.24, 2.45) is 5.92 Å². The SMILES string of the molecule is C/C=C\C=C/C1CCC1=O. The quantitative estimate of drug-likeness (QED) is 0.531. The molecule has 1 heteroatoms. The first-order chi connectivity index (χ1) is 4.84. The van der Waals surface area contributed by atoms with Crippen LogP contribution in [0.1, 0.15) is 19.8 Å². The van der Waals surface area contributed by atoms with Crippen molar-refractivity contribution in [1.29, 1.82) is 0 Å². The van der Waals surface area contributed by atoms with Crippen LogP contribution in [0, 0.1) is 5.92 Å². The molecule has 0 heterocycles. The number of Topliss-reactive ketones (excluding diaryl/α,β-unsaturated/α-hetero) is 1. The van der Waals surface area contributed by atoms with Crippen molar-refractivity contribution in [3.05, 3.63) is 24.3 Å². The van der Waals surface area contributed by atoms with Crippen LogP contribution in [0.25, 0.3) is 0 Å². The van der Waals surface area contributed by atoms with E-state index >= 15 is 0 Å². The highest BCUT2D eigenvalue weighted by atomic mass is 16.1. The Kier molecular flexibility index (Phi) is 2.43. The van der Waals surface area contributed by atoms with Crippen LogP contribution in [0.2, 0.25) is 0 Å². The van der Waals surface area contributed by atoms with Crippen molar-refractivity contribution in [3.8, 4) is 0 Å². The van der Waals surface area contributed by atoms with Gasteiger partial charge in [-0.15, -0.1) is 0 Å². The molecule has 0 aromatic carbocycles. The maximum atomic E-state index is 10.7. The van der Waals surface area contributed by atoms with Crippen LogP contribution in [-0.2, 0) is 4.79 Å². The summed E-state index contributed by atoms with van der Waals surface area (Å²) < 4.78 is 0. The minimum absolute atomic E-state index is 0.233. The average Bonchev–Trinajstić information content (AvgIpc) is 1.95. The van der Waals surface area contributed by atoms with Crippen molar-refractivity contribution < 1.29 is 4.79 Å². The van der Waals surface area contributed by atoms with Gasteiger partial charge in [0.25, 0.3) is 0 Å². The molecule has 1 aliphatic rings. The lowest BCUT2D eigenvalue weighted by atomic mass is 9.84. The Labute approximate surface area is 61.4 Å². The largest absolute Gasteiger partial charge is 0.299 e. The number of hydrogen-bond acceptors (Lipinski definition) is 1. The summed E-state index contributed by atoms with van der Waals surface area (Å²) >= 11 is 0. The van der Waals surface area contributed by atoms with Crippen molar-refractivity contribution in [2.75, 3.05) is 0 Å². The molecule has 1 fully saturated rings. The summed E-state index contributed by atoms with van der Waals surface area (Å²) in [4.78, 5) is 10.7. The van der Waals surface area contributed by atoms with Crippen LogP contribution >= 0.6 is 0 Å². The first-order valence-electron chi connectivity index (χ1n) is 3.67. The summed E-state index contributed by atoms with van der Waals surface area (Å²) in [7, 11) is 0. The van der Waals surface area contributed by atoms with Crippen molar-refractivity contribution in [2.45, 2.75) is 19.8 Å². The van der Waals surface area contributed by atoms with E-state index in [2.05, 4.69) is 0 Å². The monoisotopic (exact) mass is 136 g/mol. The Hall–Kier alpha value is -0.850. The summed E-state index contributed by atoms with van der Waals surface area (Å²) in [5.74, 6) is 0.622. The summed E-state index contributed by atoms with van der Waals surface area (Å²) in [5, 5.41) is 0. The molecule has 1 atom stereocenters. The van der Waals surface area contributed by atoms with Crippen LogP contribution in [0.3, 0.4) is 0 Å². The molecule has 1 unspecified atom stereocenters. The van der Waals surface area contributed by atoms with Gasteiger partial charge in [0, 0.05) is 12.3 Å². The van der Waals surface area contributed by atoms with Gasteiger partial charge < -0.3 is 0 Å².